The van der Waals surface area contributed by atoms with E-state index in [9.17, 15) is 9.18 Å². The van der Waals surface area contributed by atoms with Gasteiger partial charge in [-0.1, -0.05) is 36.4 Å². The molecule has 0 spiro atoms. The maximum absolute atomic E-state index is 13.5. The van der Waals surface area contributed by atoms with Gasteiger partial charge < -0.3 is 9.88 Å². The number of aromatic amines is 1. The Hall–Kier alpha value is -3.47. The standard InChI is InChI=1S/C25H22FN3O/c26-21-5-3-4-20(16-21)17-8-10-19(11-9-17)25(30)29-14-12-18(13-15-29)24-27-22-6-1-2-7-23(22)28-24/h1-11,16,18H,12-15H2,(H,27,28). The van der Waals surface area contributed by atoms with Crippen LogP contribution in [0.25, 0.3) is 22.2 Å². The molecule has 1 saturated heterocycles. The number of carbonyl (C=O) groups is 1. The monoisotopic (exact) mass is 399 g/mol. The minimum absolute atomic E-state index is 0.0452. The molecule has 1 aliphatic heterocycles. The van der Waals surface area contributed by atoms with Crippen LogP contribution < -0.4 is 0 Å². The molecule has 150 valence electrons. The number of halogens is 1. The van der Waals surface area contributed by atoms with Crippen molar-refractivity contribution in [2.75, 3.05) is 13.1 Å². The number of rotatable bonds is 3. The molecule has 0 radical (unpaired) electrons. The van der Waals surface area contributed by atoms with E-state index in [1.807, 2.05) is 59.5 Å². The number of imidazole rings is 1. The minimum Gasteiger partial charge on any atom is -0.342 e. The zero-order valence-electron chi connectivity index (χ0n) is 16.5. The van der Waals surface area contributed by atoms with Gasteiger partial charge in [-0.15, -0.1) is 0 Å². The molecule has 30 heavy (non-hydrogen) atoms. The van der Waals surface area contributed by atoms with Crippen molar-refractivity contribution in [3.05, 3.63) is 90.0 Å². The van der Waals surface area contributed by atoms with Crippen molar-refractivity contribution in [3.63, 3.8) is 0 Å². The molecule has 1 aliphatic rings. The summed E-state index contributed by atoms with van der Waals surface area (Å²) in [6.07, 6.45) is 1.79. The van der Waals surface area contributed by atoms with Gasteiger partial charge in [0.1, 0.15) is 11.6 Å². The first-order valence-electron chi connectivity index (χ1n) is 10.3. The van der Waals surface area contributed by atoms with Crippen molar-refractivity contribution in [2.24, 2.45) is 0 Å². The van der Waals surface area contributed by atoms with Gasteiger partial charge >= 0.3 is 0 Å². The number of carbonyl (C=O) groups excluding carboxylic acids is 1. The fraction of sp³-hybridized carbons (Fsp3) is 0.200. The maximum atomic E-state index is 13.5. The second-order valence-electron chi connectivity index (χ2n) is 7.79. The number of fused-ring (bicyclic) bond motifs is 1. The molecule has 1 N–H and O–H groups in total. The smallest absolute Gasteiger partial charge is 0.253 e. The Morgan fingerprint density at radius 3 is 2.43 bits per heavy atom. The highest BCUT2D eigenvalue weighted by Crippen LogP contribution is 2.29. The van der Waals surface area contributed by atoms with E-state index in [1.165, 1.54) is 12.1 Å². The zero-order chi connectivity index (χ0) is 20.5. The van der Waals surface area contributed by atoms with Gasteiger partial charge in [-0.05, 0) is 60.4 Å². The van der Waals surface area contributed by atoms with Crippen LogP contribution in [-0.4, -0.2) is 33.9 Å². The van der Waals surface area contributed by atoms with E-state index in [0.29, 0.717) is 24.6 Å². The van der Waals surface area contributed by atoms with Gasteiger partial charge in [0, 0.05) is 24.6 Å². The number of nitrogens with one attached hydrogen (secondary N) is 1. The lowest BCUT2D eigenvalue weighted by molar-refractivity contribution is 0.0711. The number of hydrogen-bond donors (Lipinski definition) is 1. The summed E-state index contributed by atoms with van der Waals surface area (Å²) in [6, 6.07) is 21.9. The molecule has 1 amide bonds. The van der Waals surface area contributed by atoms with Gasteiger partial charge in [-0.2, -0.15) is 0 Å². The second-order valence-corrected chi connectivity index (χ2v) is 7.79. The Balaban J connectivity index is 1.25. The van der Waals surface area contributed by atoms with E-state index in [1.54, 1.807) is 6.07 Å². The predicted octanol–water partition coefficient (Wildman–Crippen LogP) is 5.39. The number of para-hydroxylation sites is 2. The summed E-state index contributed by atoms with van der Waals surface area (Å²) in [5.41, 5.74) is 4.42. The highest BCUT2D eigenvalue weighted by Gasteiger charge is 2.26. The van der Waals surface area contributed by atoms with Crippen molar-refractivity contribution in [1.82, 2.24) is 14.9 Å². The van der Waals surface area contributed by atoms with E-state index >= 15 is 0 Å². The molecule has 3 aromatic carbocycles. The highest BCUT2D eigenvalue weighted by molar-refractivity contribution is 5.94. The molecule has 1 aromatic heterocycles. The summed E-state index contributed by atoms with van der Waals surface area (Å²) in [6.45, 7) is 1.43. The Morgan fingerprint density at radius 1 is 0.933 bits per heavy atom. The Kier molecular flexibility index (Phi) is 4.79. The van der Waals surface area contributed by atoms with Gasteiger partial charge in [0.25, 0.3) is 5.91 Å². The lowest BCUT2D eigenvalue weighted by Gasteiger charge is -2.31. The predicted molar refractivity (Wildman–Crippen MR) is 116 cm³/mol. The molecule has 4 nitrogen and oxygen atoms in total. The molecule has 2 heterocycles. The Morgan fingerprint density at radius 2 is 1.70 bits per heavy atom. The van der Waals surface area contributed by atoms with Gasteiger partial charge in [-0.25, -0.2) is 9.37 Å². The van der Waals surface area contributed by atoms with Gasteiger partial charge in [0.05, 0.1) is 11.0 Å². The van der Waals surface area contributed by atoms with Crippen LogP contribution in [0.15, 0.2) is 72.8 Å². The fourth-order valence-corrected chi connectivity index (χ4v) is 4.18. The minimum atomic E-state index is -0.264. The van der Waals surface area contributed by atoms with Gasteiger partial charge in [-0.3, -0.25) is 4.79 Å². The zero-order valence-corrected chi connectivity index (χ0v) is 16.5. The Bertz CT molecular complexity index is 1160. The van der Waals surface area contributed by atoms with Crippen LogP contribution in [-0.2, 0) is 0 Å². The lowest BCUT2D eigenvalue weighted by atomic mass is 9.95. The van der Waals surface area contributed by atoms with E-state index in [4.69, 9.17) is 4.98 Å². The number of H-pyrrole nitrogens is 1. The van der Waals surface area contributed by atoms with Crippen molar-refractivity contribution in [1.29, 1.82) is 0 Å². The number of nitrogens with zero attached hydrogens (tertiary/aromatic N) is 2. The van der Waals surface area contributed by atoms with E-state index < -0.39 is 0 Å². The number of aromatic nitrogens is 2. The number of piperidine rings is 1. The number of likely N-dealkylation sites (tertiary alicyclic amines) is 1. The summed E-state index contributed by atoms with van der Waals surface area (Å²) >= 11 is 0. The van der Waals surface area contributed by atoms with Gasteiger partial charge in [0.2, 0.25) is 0 Å². The largest absolute Gasteiger partial charge is 0.342 e. The maximum Gasteiger partial charge on any atom is 0.253 e. The summed E-state index contributed by atoms with van der Waals surface area (Å²) in [7, 11) is 0. The molecule has 0 saturated carbocycles. The van der Waals surface area contributed by atoms with Crippen LogP contribution in [0.4, 0.5) is 4.39 Å². The lowest BCUT2D eigenvalue weighted by Crippen LogP contribution is -2.38. The first-order valence-corrected chi connectivity index (χ1v) is 10.3. The van der Waals surface area contributed by atoms with Crippen LogP contribution in [0, 0.1) is 5.82 Å². The average molecular weight is 399 g/mol. The summed E-state index contributed by atoms with van der Waals surface area (Å²) in [4.78, 5) is 23.0. The van der Waals surface area contributed by atoms with E-state index in [2.05, 4.69) is 4.98 Å². The molecule has 0 aliphatic carbocycles. The molecule has 4 aromatic rings. The van der Waals surface area contributed by atoms with Gasteiger partial charge in [0.15, 0.2) is 0 Å². The normalized spacial score (nSPS) is 14.9. The molecular weight excluding hydrogens is 377 g/mol. The summed E-state index contributed by atoms with van der Waals surface area (Å²) in [5.74, 6) is 1.14. The number of hydrogen-bond acceptors (Lipinski definition) is 2. The second kappa shape index (κ2) is 7.75. The number of benzene rings is 3. The van der Waals surface area contributed by atoms with Crippen LogP contribution >= 0.6 is 0 Å². The third kappa shape index (κ3) is 3.59. The first kappa shape index (κ1) is 18.6. The average Bonchev–Trinajstić information content (AvgIpc) is 3.23. The first-order chi connectivity index (χ1) is 14.7. The molecule has 1 fully saturated rings. The molecule has 5 rings (SSSR count). The fourth-order valence-electron chi connectivity index (χ4n) is 4.18. The Labute approximate surface area is 174 Å². The van der Waals surface area contributed by atoms with Crippen molar-refractivity contribution in [3.8, 4) is 11.1 Å². The van der Waals surface area contributed by atoms with Crippen LogP contribution in [0.1, 0.15) is 34.9 Å². The van der Waals surface area contributed by atoms with E-state index in [0.717, 1.165) is 40.8 Å². The third-order valence-electron chi connectivity index (χ3n) is 5.87. The van der Waals surface area contributed by atoms with Crippen LogP contribution in [0.5, 0.6) is 0 Å². The molecular formula is C25H22FN3O. The quantitative estimate of drug-likeness (QED) is 0.502. The highest BCUT2D eigenvalue weighted by atomic mass is 19.1. The van der Waals surface area contributed by atoms with Crippen molar-refractivity contribution < 1.29 is 9.18 Å². The van der Waals surface area contributed by atoms with Crippen molar-refractivity contribution in [2.45, 2.75) is 18.8 Å². The number of amides is 1. The third-order valence-corrected chi connectivity index (χ3v) is 5.87. The van der Waals surface area contributed by atoms with E-state index in [-0.39, 0.29) is 11.7 Å². The van der Waals surface area contributed by atoms with Crippen LogP contribution in [0.2, 0.25) is 0 Å². The SMILES string of the molecule is O=C(c1ccc(-c2cccc(F)c2)cc1)N1CCC(c2nc3ccccc3[nH]2)CC1. The topological polar surface area (TPSA) is 49.0 Å². The molecule has 0 unspecified atom stereocenters. The summed E-state index contributed by atoms with van der Waals surface area (Å²) < 4.78 is 13.5. The molecule has 0 bridgehead atoms. The summed E-state index contributed by atoms with van der Waals surface area (Å²) in [5, 5.41) is 0. The molecule has 5 heteroatoms. The van der Waals surface area contributed by atoms with Crippen molar-refractivity contribution >= 4 is 16.9 Å². The molecule has 0 atom stereocenters. The van der Waals surface area contributed by atoms with Crippen LogP contribution in [0.3, 0.4) is 0 Å².